The van der Waals surface area contributed by atoms with Gasteiger partial charge in [0.15, 0.2) is 11.5 Å². The number of nitrogens with one attached hydrogen (secondary N) is 1. The van der Waals surface area contributed by atoms with Crippen molar-refractivity contribution in [3.63, 3.8) is 0 Å². The summed E-state index contributed by atoms with van der Waals surface area (Å²) in [4.78, 5) is 6.79. The van der Waals surface area contributed by atoms with Crippen molar-refractivity contribution in [1.29, 1.82) is 0 Å². The molecule has 2 heterocycles. The predicted molar refractivity (Wildman–Crippen MR) is 80.9 cm³/mol. The Kier molecular flexibility index (Phi) is 6.72. The van der Waals surface area contributed by atoms with Crippen molar-refractivity contribution < 1.29 is 14.2 Å². The molecule has 1 saturated heterocycles. The summed E-state index contributed by atoms with van der Waals surface area (Å²) in [5.41, 5.74) is 0.878. The van der Waals surface area contributed by atoms with Crippen molar-refractivity contribution in [3.8, 4) is 11.5 Å². The number of hydrogen-bond donors (Lipinski definition) is 1. The van der Waals surface area contributed by atoms with E-state index in [1.54, 1.807) is 26.5 Å². The molecular formula is C15H25N3O3. The Bertz CT molecular complexity index is 423. The normalized spacial score (nSPS) is 15.9. The molecule has 1 fully saturated rings. The number of ether oxygens (including phenoxy) is 3. The van der Waals surface area contributed by atoms with Crippen molar-refractivity contribution in [2.75, 3.05) is 53.6 Å². The van der Waals surface area contributed by atoms with E-state index in [2.05, 4.69) is 15.2 Å². The molecule has 1 aliphatic rings. The van der Waals surface area contributed by atoms with Crippen LogP contribution in [0, 0.1) is 0 Å². The summed E-state index contributed by atoms with van der Waals surface area (Å²) in [6, 6.07) is 1.81. The fourth-order valence-corrected chi connectivity index (χ4v) is 2.44. The quantitative estimate of drug-likeness (QED) is 0.720. The molecule has 1 aromatic rings. The molecule has 0 saturated carbocycles. The number of rotatable bonds is 8. The summed E-state index contributed by atoms with van der Waals surface area (Å²) in [6.07, 6.45) is 2.86. The fourth-order valence-electron chi connectivity index (χ4n) is 2.44. The Morgan fingerprint density at radius 1 is 1.29 bits per heavy atom. The van der Waals surface area contributed by atoms with E-state index >= 15 is 0 Å². The Hall–Kier alpha value is -1.37. The molecule has 2 rings (SSSR count). The summed E-state index contributed by atoms with van der Waals surface area (Å²) in [6.45, 7) is 6.56. The lowest BCUT2D eigenvalue weighted by molar-refractivity contribution is 0.0374. The lowest BCUT2D eigenvalue weighted by atomic mass is 10.3. The Morgan fingerprint density at radius 3 is 2.81 bits per heavy atom. The van der Waals surface area contributed by atoms with Gasteiger partial charge in [0.05, 0.1) is 33.1 Å². The van der Waals surface area contributed by atoms with E-state index in [-0.39, 0.29) is 0 Å². The highest BCUT2D eigenvalue weighted by Gasteiger charge is 2.11. The summed E-state index contributed by atoms with van der Waals surface area (Å²) in [5, 5.41) is 3.41. The van der Waals surface area contributed by atoms with Gasteiger partial charge in [-0.3, -0.25) is 9.88 Å². The monoisotopic (exact) mass is 295 g/mol. The molecule has 0 amide bonds. The molecule has 0 unspecified atom stereocenters. The van der Waals surface area contributed by atoms with Crippen LogP contribution in [0.1, 0.15) is 12.1 Å². The van der Waals surface area contributed by atoms with E-state index in [9.17, 15) is 0 Å². The molecule has 1 aliphatic heterocycles. The van der Waals surface area contributed by atoms with E-state index in [4.69, 9.17) is 14.2 Å². The van der Waals surface area contributed by atoms with Crippen LogP contribution in [0.15, 0.2) is 12.3 Å². The van der Waals surface area contributed by atoms with Crippen molar-refractivity contribution in [3.05, 3.63) is 18.0 Å². The van der Waals surface area contributed by atoms with Crippen molar-refractivity contribution in [2.45, 2.75) is 13.0 Å². The molecular weight excluding hydrogens is 270 g/mol. The lowest BCUT2D eigenvalue weighted by Crippen LogP contribution is -2.37. The number of aromatic nitrogens is 1. The van der Waals surface area contributed by atoms with Gasteiger partial charge in [0.25, 0.3) is 0 Å². The summed E-state index contributed by atoms with van der Waals surface area (Å²) in [7, 11) is 3.28. The third kappa shape index (κ3) is 4.84. The number of pyridine rings is 1. The zero-order chi connectivity index (χ0) is 14.9. The number of hydrogen-bond acceptors (Lipinski definition) is 6. The summed E-state index contributed by atoms with van der Waals surface area (Å²) < 4.78 is 16.0. The first-order valence-corrected chi connectivity index (χ1v) is 7.42. The topological polar surface area (TPSA) is 55.9 Å². The van der Waals surface area contributed by atoms with Gasteiger partial charge in [-0.15, -0.1) is 0 Å². The largest absolute Gasteiger partial charge is 0.493 e. The minimum atomic E-state index is 0.684. The van der Waals surface area contributed by atoms with Gasteiger partial charge in [0.1, 0.15) is 0 Å². The number of nitrogens with zero attached hydrogens (tertiary/aromatic N) is 2. The Balaban J connectivity index is 1.70. The van der Waals surface area contributed by atoms with Crippen LogP contribution in [0.2, 0.25) is 0 Å². The minimum Gasteiger partial charge on any atom is -0.493 e. The third-order valence-electron chi connectivity index (χ3n) is 3.59. The van der Waals surface area contributed by atoms with Gasteiger partial charge in [-0.2, -0.15) is 0 Å². The zero-order valence-corrected chi connectivity index (χ0v) is 12.9. The fraction of sp³-hybridized carbons (Fsp3) is 0.667. The molecule has 6 nitrogen and oxygen atoms in total. The lowest BCUT2D eigenvalue weighted by Gasteiger charge is -2.26. The predicted octanol–water partition coefficient (Wildman–Crippen LogP) is 0.911. The maximum absolute atomic E-state index is 5.37. The van der Waals surface area contributed by atoms with Gasteiger partial charge >= 0.3 is 0 Å². The van der Waals surface area contributed by atoms with E-state index in [0.29, 0.717) is 12.3 Å². The molecule has 0 bridgehead atoms. The van der Waals surface area contributed by atoms with E-state index in [1.807, 2.05) is 0 Å². The second-order valence-electron chi connectivity index (χ2n) is 4.98. The first-order valence-electron chi connectivity index (χ1n) is 7.42. The van der Waals surface area contributed by atoms with Crippen LogP contribution >= 0.6 is 0 Å². The zero-order valence-electron chi connectivity index (χ0n) is 12.9. The van der Waals surface area contributed by atoms with Crippen molar-refractivity contribution in [2.24, 2.45) is 0 Å². The molecule has 1 aromatic heterocycles. The van der Waals surface area contributed by atoms with Gasteiger partial charge in [-0.05, 0) is 19.5 Å². The first kappa shape index (κ1) is 16.0. The first-order chi connectivity index (χ1) is 10.3. The highest BCUT2D eigenvalue weighted by molar-refractivity contribution is 5.42. The van der Waals surface area contributed by atoms with Crippen LogP contribution in [0.5, 0.6) is 11.5 Å². The standard InChI is InChI=1S/C15H25N3O3/c1-19-14-4-6-17-13(15(14)20-2)12-16-5-3-7-18-8-10-21-11-9-18/h4,6,16H,3,5,7-12H2,1-2H3. The highest BCUT2D eigenvalue weighted by atomic mass is 16.5. The molecule has 0 radical (unpaired) electrons. The maximum Gasteiger partial charge on any atom is 0.183 e. The Morgan fingerprint density at radius 2 is 2.10 bits per heavy atom. The van der Waals surface area contributed by atoms with Crippen molar-refractivity contribution in [1.82, 2.24) is 15.2 Å². The average Bonchev–Trinajstić information content (AvgIpc) is 2.55. The van der Waals surface area contributed by atoms with Crippen LogP contribution < -0.4 is 14.8 Å². The molecule has 118 valence electrons. The van der Waals surface area contributed by atoms with Gasteiger partial charge in [0, 0.05) is 31.9 Å². The highest BCUT2D eigenvalue weighted by Crippen LogP contribution is 2.28. The molecule has 0 spiro atoms. The van der Waals surface area contributed by atoms with Gasteiger partial charge in [0.2, 0.25) is 0 Å². The van der Waals surface area contributed by atoms with Gasteiger partial charge in [-0.1, -0.05) is 0 Å². The van der Waals surface area contributed by atoms with Crippen molar-refractivity contribution >= 4 is 0 Å². The Labute approximate surface area is 126 Å². The van der Waals surface area contributed by atoms with Crippen LogP contribution in [-0.2, 0) is 11.3 Å². The second kappa shape index (κ2) is 8.81. The van der Waals surface area contributed by atoms with Gasteiger partial charge < -0.3 is 19.5 Å². The van der Waals surface area contributed by atoms with Gasteiger partial charge in [-0.25, -0.2) is 0 Å². The van der Waals surface area contributed by atoms with Crippen LogP contribution in [0.4, 0.5) is 0 Å². The third-order valence-corrected chi connectivity index (χ3v) is 3.59. The molecule has 0 atom stereocenters. The van der Waals surface area contributed by atoms with Crippen LogP contribution in [0.25, 0.3) is 0 Å². The van der Waals surface area contributed by atoms with E-state index in [0.717, 1.165) is 57.3 Å². The molecule has 1 N–H and O–H groups in total. The SMILES string of the molecule is COc1ccnc(CNCCCN2CCOCC2)c1OC. The maximum atomic E-state index is 5.37. The van der Waals surface area contributed by atoms with E-state index in [1.165, 1.54) is 0 Å². The average molecular weight is 295 g/mol. The van der Waals surface area contributed by atoms with Crippen LogP contribution in [0.3, 0.4) is 0 Å². The molecule has 21 heavy (non-hydrogen) atoms. The smallest absolute Gasteiger partial charge is 0.183 e. The summed E-state index contributed by atoms with van der Waals surface area (Å²) >= 11 is 0. The second-order valence-corrected chi connectivity index (χ2v) is 4.98. The number of methoxy groups -OCH3 is 2. The summed E-state index contributed by atoms with van der Waals surface area (Å²) in [5.74, 6) is 1.43. The van der Waals surface area contributed by atoms with Crippen LogP contribution in [-0.4, -0.2) is 63.5 Å². The molecule has 0 aliphatic carbocycles. The minimum absolute atomic E-state index is 0.684. The van der Waals surface area contributed by atoms with E-state index < -0.39 is 0 Å². The molecule has 0 aromatic carbocycles. The molecule has 6 heteroatoms. The number of morpholine rings is 1.